The highest BCUT2D eigenvalue weighted by Crippen LogP contribution is 2.07. The van der Waals surface area contributed by atoms with E-state index in [0.29, 0.717) is 12.8 Å². The maximum atomic E-state index is 10.5. The molecule has 0 aliphatic carbocycles. The number of carbonyl (C=O) groups is 3. The van der Waals surface area contributed by atoms with Crippen molar-refractivity contribution in [3.63, 3.8) is 0 Å². The van der Waals surface area contributed by atoms with Crippen LogP contribution in [0, 0.1) is 0 Å². The first-order chi connectivity index (χ1) is 5.99. The Balaban J connectivity index is 0.000000252. The lowest BCUT2D eigenvalue weighted by Crippen LogP contribution is -2.23. The number of likely N-dealkylation sites (tertiary alicyclic amines) is 1. The highest BCUT2D eigenvalue weighted by atomic mass is 16.4. The lowest BCUT2D eigenvalue weighted by molar-refractivity contribution is -0.136. The summed E-state index contributed by atoms with van der Waals surface area (Å²) < 4.78 is 0. The van der Waals surface area contributed by atoms with Crippen LogP contribution in [0.4, 0.5) is 0 Å². The van der Waals surface area contributed by atoms with Gasteiger partial charge in [-0.25, -0.2) is 4.79 Å². The standard InChI is InChI=1S/C5H7NO2.C3H4O2/c1-6-4(7)2-3-5(6)8;1-2-3(4)5/h2-3H2,1H3;2H,1H2,(H,4,5). The topological polar surface area (TPSA) is 74.7 Å². The Morgan fingerprint density at radius 3 is 1.85 bits per heavy atom. The van der Waals surface area contributed by atoms with E-state index in [1.807, 2.05) is 0 Å². The molecule has 1 heterocycles. The van der Waals surface area contributed by atoms with E-state index >= 15 is 0 Å². The van der Waals surface area contributed by atoms with E-state index in [2.05, 4.69) is 6.58 Å². The Hall–Kier alpha value is -1.65. The van der Waals surface area contributed by atoms with Crippen LogP contribution < -0.4 is 0 Å². The number of hydrogen-bond donors (Lipinski definition) is 1. The van der Waals surface area contributed by atoms with Crippen LogP contribution in [0.3, 0.4) is 0 Å². The largest absolute Gasteiger partial charge is 0.478 e. The average Bonchev–Trinajstić information content (AvgIpc) is 2.37. The molecule has 0 radical (unpaired) electrons. The average molecular weight is 185 g/mol. The van der Waals surface area contributed by atoms with Crippen molar-refractivity contribution in [2.24, 2.45) is 0 Å². The van der Waals surface area contributed by atoms with Gasteiger partial charge < -0.3 is 5.11 Å². The third kappa shape index (κ3) is 4.05. The van der Waals surface area contributed by atoms with Crippen molar-refractivity contribution in [2.45, 2.75) is 12.8 Å². The molecule has 0 aromatic rings. The second-order valence-electron chi connectivity index (χ2n) is 2.39. The number of aliphatic carboxylic acids is 1. The molecule has 0 bridgehead atoms. The normalized spacial score (nSPS) is 15.0. The zero-order valence-corrected chi connectivity index (χ0v) is 7.32. The molecule has 0 unspecified atom stereocenters. The summed E-state index contributed by atoms with van der Waals surface area (Å²) in [5, 5.41) is 7.60. The molecule has 5 nitrogen and oxygen atoms in total. The fourth-order valence-electron chi connectivity index (χ4n) is 0.688. The highest BCUT2D eigenvalue weighted by molar-refractivity contribution is 6.01. The van der Waals surface area contributed by atoms with Crippen LogP contribution in [0.25, 0.3) is 0 Å². The molecule has 1 rings (SSSR count). The molecule has 0 spiro atoms. The minimum absolute atomic E-state index is 0.0602. The van der Waals surface area contributed by atoms with Crippen molar-refractivity contribution >= 4 is 17.8 Å². The Kier molecular flexibility index (Phi) is 4.43. The minimum atomic E-state index is -0.981. The summed E-state index contributed by atoms with van der Waals surface area (Å²) in [6.45, 7) is 2.96. The first kappa shape index (κ1) is 11.4. The summed E-state index contributed by atoms with van der Waals surface area (Å²) in [6.07, 6.45) is 1.63. The lowest BCUT2D eigenvalue weighted by Gasteiger charge is -2.01. The van der Waals surface area contributed by atoms with Gasteiger partial charge in [-0.05, 0) is 0 Å². The van der Waals surface area contributed by atoms with Gasteiger partial charge in [0.15, 0.2) is 0 Å². The Morgan fingerprint density at radius 1 is 1.46 bits per heavy atom. The van der Waals surface area contributed by atoms with Gasteiger partial charge in [-0.3, -0.25) is 14.5 Å². The van der Waals surface area contributed by atoms with E-state index < -0.39 is 5.97 Å². The summed E-state index contributed by atoms with van der Waals surface area (Å²) in [5.74, 6) is -1.10. The molecule has 1 aliphatic rings. The zero-order chi connectivity index (χ0) is 10.4. The van der Waals surface area contributed by atoms with Crippen LogP contribution in [-0.4, -0.2) is 34.8 Å². The lowest BCUT2D eigenvalue weighted by atomic mass is 10.4. The smallest absolute Gasteiger partial charge is 0.327 e. The number of carbonyl (C=O) groups excluding carboxylic acids is 2. The van der Waals surface area contributed by atoms with E-state index in [1.165, 1.54) is 11.9 Å². The molecule has 72 valence electrons. The third-order valence-electron chi connectivity index (χ3n) is 1.48. The molecule has 1 fully saturated rings. The molecule has 0 saturated carbocycles. The zero-order valence-electron chi connectivity index (χ0n) is 7.32. The molecule has 0 aromatic heterocycles. The van der Waals surface area contributed by atoms with Crippen LogP contribution in [0.5, 0.6) is 0 Å². The first-order valence-corrected chi connectivity index (χ1v) is 3.63. The van der Waals surface area contributed by atoms with Crippen LogP contribution >= 0.6 is 0 Å². The van der Waals surface area contributed by atoms with Crippen LogP contribution in [0.1, 0.15) is 12.8 Å². The predicted octanol–water partition coefficient (Wildman–Crippen LogP) is 0.0222. The molecule has 0 aromatic carbocycles. The predicted molar refractivity (Wildman–Crippen MR) is 44.8 cm³/mol. The van der Waals surface area contributed by atoms with Crippen LogP contribution in [0.15, 0.2) is 12.7 Å². The van der Waals surface area contributed by atoms with E-state index in [0.717, 1.165) is 6.08 Å². The third-order valence-corrected chi connectivity index (χ3v) is 1.48. The first-order valence-electron chi connectivity index (χ1n) is 3.63. The van der Waals surface area contributed by atoms with Gasteiger partial charge in [-0.1, -0.05) is 6.58 Å². The Bertz CT molecular complexity index is 231. The minimum Gasteiger partial charge on any atom is -0.478 e. The number of hydrogen-bond acceptors (Lipinski definition) is 3. The Morgan fingerprint density at radius 2 is 1.77 bits per heavy atom. The van der Waals surface area contributed by atoms with Crippen LogP contribution in [0.2, 0.25) is 0 Å². The summed E-state index contributed by atoms with van der Waals surface area (Å²) in [6, 6.07) is 0. The van der Waals surface area contributed by atoms with Crippen LogP contribution in [-0.2, 0) is 14.4 Å². The number of nitrogens with zero attached hydrogens (tertiary/aromatic N) is 1. The summed E-state index contributed by atoms with van der Waals surface area (Å²) in [4.78, 5) is 31.4. The van der Waals surface area contributed by atoms with Crippen molar-refractivity contribution in [3.8, 4) is 0 Å². The molecule has 0 atom stereocenters. The number of carboxylic acids is 1. The van der Waals surface area contributed by atoms with Gasteiger partial charge in [-0.15, -0.1) is 0 Å². The SMILES string of the molecule is C=CC(=O)O.CN1C(=O)CCC1=O. The quantitative estimate of drug-likeness (QED) is 0.461. The second kappa shape index (κ2) is 5.08. The summed E-state index contributed by atoms with van der Waals surface area (Å²) in [5.41, 5.74) is 0. The van der Waals surface area contributed by atoms with E-state index in [-0.39, 0.29) is 11.8 Å². The molecule has 1 N–H and O–H groups in total. The molecule has 2 amide bonds. The van der Waals surface area contributed by atoms with Gasteiger partial charge in [0.1, 0.15) is 0 Å². The second-order valence-corrected chi connectivity index (χ2v) is 2.39. The van der Waals surface area contributed by atoms with Crippen molar-refractivity contribution in [2.75, 3.05) is 7.05 Å². The number of amides is 2. The molecule has 1 aliphatic heterocycles. The molecular weight excluding hydrogens is 174 g/mol. The van der Waals surface area contributed by atoms with E-state index in [9.17, 15) is 14.4 Å². The van der Waals surface area contributed by atoms with Crippen molar-refractivity contribution in [1.29, 1.82) is 0 Å². The summed E-state index contributed by atoms with van der Waals surface area (Å²) >= 11 is 0. The van der Waals surface area contributed by atoms with Gasteiger partial charge in [-0.2, -0.15) is 0 Å². The van der Waals surface area contributed by atoms with Gasteiger partial charge in [0.05, 0.1) is 0 Å². The highest BCUT2D eigenvalue weighted by Gasteiger charge is 2.24. The fourth-order valence-corrected chi connectivity index (χ4v) is 0.688. The number of rotatable bonds is 1. The van der Waals surface area contributed by atoms with Gasteiger partial charge >= 0.3 is 5.97 Å². The van der Waals surface area contributed by atoms with Gasteiger partial charge in [0.25, 0.3) is 0 Å². The van der Waals surface area contributed by atoms with E-state index in [4.69, 9.17) is 5.11 Å². The summed E-state index contributed by atoms with van der Waals surface area (Å²) in [7, 11) is 1.51. The molecule has 13 heavy (non-hydrogen) atoms. The maximum absolute atomic E-state index is 10.5. The van der Waals surface area contributed by atoms with Gasteiger partial charge in [0, 0.05) is 26.0 Å². The molecule has 1 saturated heterocycles. The fraction of sp³-hybridized carbons (Fsp3) is 0.375. The van der Waals surface area contributed by atoms with E-state index in [1.54, 1.807) is 0 Å². The molecule has 5 heteroatoms. The monoisotopic (exact) mass is 185 g/mol. The van der Waals surface area contributed by atoms with Crippen molar-refractivity contribution in [3.05, 3.63) is 12.7 Å². The van der Waals surface area contributed by atoms with Crippen molar-refractivity contribution in [1.82, 2.24) is 4.90 Å². The Labute approximate surface area is 75.6 Å². The van der Waals surface area contributed by atoms with Crippen molar-refractivity contribution < 1.29 is 19.5 Å². The number of carboxylic acid groups (broad SMARTS) is 1. The molecular formula is C8H11NO4. The number of imide groups is 1. The van der Waals surface area contributed by atoms with Gasteiger partial charge in [0.2, 0.25) is 11.8 Å². The maximum Gasteiger partial charge on any atom is 0.327 e.